The van der Waals surface area contributed by atoms with Gasteiger partial charge < -0.3 is 10.6 Å². The third kappa shape index (κ3) is 3.78. The summed E-state index contributed by atoms with van der Waals surface area (Å²) in [6.07, 6.45) is 2.28. The van der Waals surface area contributed by atoms with Crippen LogP contribution in [-0.2, 0) is 6.42 Å². The summed E-state index contributed by atoms with van der Waals surface area (Å²) in [6.45, 7) is 6.47. The first kappa shape index (κ1) is 14.5. The molecule has 3 heteroatoms. The van der Waals surface area contributed by atoms with Crippen LogP contribution in [0.4, 0.5) is 0 Å². The molecule has 2 N–H and O–H groups in total. The molecule has 1 saturated heterocycles. The molecule has 19 heavy (non-hydrogen) atoms. The van der Waals surface area contributed by atoms with E-state index in [1.165, 1.54) is 12.0 Å². The van der Waals surface area contributed by atoms with E-state index in [9.17, 15) is 0 Å². The van der Waals surface area contributed by atoms with Crippen molar-refractivity contribution in [2.75, 3.05) is 33.2 Å². The van der Waals surface area contributed by atoms with Gasteiger partial charge in [-0.2, -0.15) is 0 Å². The third-order valence-corrected chi connectivity index (χ3v) is 4.38. The van der Waals surface area contributed by atoms with Crippen LogP contribution in [0.3, 0.4) is 0 Å². The van der Waals surface area contributed by atoms with E-state index in [1.807, 2.05) is 0 Å². The zero-order valence-electron chi connectivity index (χ0n) is 12.3. The van der Waals surface area contributed by atoms with Crippen molar-refractivity contribution in [1.82, 2.24) is 9.80 Å². The first-order chi connectivity index (χ1) is 9.24. The smallest absolute Gasteiger partial charge is 0.0259 e. The SMILES string of the molecule is CCC1CN(C(CN)Cc2ccccc2)CCN1C. The van der Waals surface area contributed by atoms with E-state index in [2.05, 4.69) is 54.1 Å². The maximum Gasteiger partial charge on any atom is 0.0259 e. The lowest BCUT2D eigenvalue weighted by Gasteiger charge is -2.42. The van der Waals surface area contributed by atoms with Crippen molar-refractivity contribution in [3.63, 3.8) is 0 Å². The summed E-state index contributed by atoms with van der Waals surface area (Å²) in [7, 11) is 2.24. The number of hydrogen-bond acceptors (Lipinski definition) is 3. The van der Waals surface area contributed by atoms with E-state index in [4.69, 9.17) is 5.73 Å². The Morgan fingerprint density at radius 2 is 2.00 bits per heavy atom. The minimum Gasteiger partial charge on any atom is -0.329 e. The van der Waals surface area contributed by atoms with E-state index in [0.29, 0.717) is 12.1 Å². The van der Waals surface area contributed by atoms with E-state index in [-0.39, 0.29) is 0 Å². The predicted octanol–water partition coefficient (Wildman–Crippen LogP) is 1.58. The normalized spacial score (nSPS) is 23.4. The van der Waals surface area contributed by atoms with Crippen molar-refractivity contribution in [2.24, 2.45) is 5.73 Å². The van der Waals surface area contributed by atoms with Gasteiger partial charge in [0.05, 0.1) is 0 Å². The summed E-state index contributed by atoms with van der Waals surface area (Å²) in [4.78, 5) is 5.06. The van der Waals surface area contributed by atoms with Gasteiger partial charge in [0, 0.05) is 38.3 Å². The average molecular weight is 261 g/mol. The van der Waals surface area contributed by atoms with Crippen LogP contribution in [0.1, 0.15) is 18.9 Å². The molecule has 1 fully saturated rings. The fraction of sp³-hybridized carbons (Fsp3) is 0.625. The largest absolute Gasteiger partial charge is 0.329 e. The highest BCUT2D eigenvalue weighted by Gasteiger charge is 2.27. The van der Waals surface area contributed by atoms with Crippen LogP contribution < -0.4 is 5.73 Å². The van der Waals surface area contributed by atoms with Crippen LogP contribution in [0, 0.1) is 0 Å². The molecule has 1 aliphatic heterocycles. The Labute approximate surface area is 117 Å². The number of piperazine rings is 1. The molecule has 2 unspecified atom stereocenters. The minimum atomic E-state index is 0.477. The fourth-order valence-electron chi connectivity index (χ4n) is 2.99. The van der Waals surface area contributed by atoms with Gasteiger partial charge in [-0.05, 0) is 25.5 Å². The van der Waals surface area contributed by atoms with Gasteiger partial charge in [0.15, 0.2) is 0 Å². The molecule has 1 heterocycles. The summed E-state index contributed by atoms with van der Waals surface area (Å²) >= 11 is 0. The molecule has 0 bridgehead atoms. The predicted molar refractivity (Wildman–Crippen MR) is 81.3 cm³/mol. The highest BCUT2D eigenvalue weighted by molar-refractivity contribution is 5.16. The number of rotatable bonds is 5. The Morgan fingerprint density at radius 3 is 2.63 bits per heavy atom. The first-order valence-corrected chi connectivity index (χ1v) is 7.42. The number of hydrogen-bond donors (Lipinski definition) is 1. The zero-order chi connectivity index (χ0) is 13.7. The van der Waals surface area contributed by atoms with Crippen molar-refractivity contribution < 1.29 is 0 Å². The Balaban J connectivity index is 1.98. The monoisotopic (exact) mass is 261 g/mol. The Morgan fingerprint density at radius 1 is 1.26 bits per heavy atom. The van der Waals surface area contributed by atoms with E-state index >= 15 is 0 Å². The Bertz CT molecular complexity index is 366. The van der Waals surface area contributed by atoms with E-state index < -0.39 is 0 Å². The molecular weight excluding hydrogens is 234 g/mol. The topological polar surface area (TPSA) is 32.5 Å². The maximum absolute atomic E-state index is 6.02. The number of benzene rings is 1. The summed E-state index contributed by atoms with van der Waals surface area (Å²) in [5.74, 6) is 0. The van der Waals surface area contributed by atoms with Crippen molar-refractivity contribution in [1.29, 1.82) is 0 Å². The Hall–Kier alpha value is -0.900. The second-order valence-corrected chi connectivity index (χ2v) is 5.62. The highest BCUT2D eigenvalue weighted by atomic mass is 15.3. The van der Waals surface area contributed by atoms with E-state index in [0.717, 1.165) is 32.6 Å². The third-order valence-electron chi connectivity index (χ3n) is 4.38. The van der Waals surface area contributed by atoms with E-state index in [1.54, 1.807) is 0 Å². The van der Waals surface area contributed by atoms with Gasteiger partial charge >= 0.3 is 0 Å². The first-order valence-electron chi connectivity index (χ1n) is 7.42. The van der Waals surface area contributed by atoms with Gasteiger partial charge in [-0.15, -0.1) is 0 Å². The lowest BCUT2D eigenvalue weighted by atomic mass is 10.0. The molecule has 1 aromatic carbocycles. The minimum absolute atomic E-state index is 0.477. The molecule has 1 aromatic rings. The summed E-state index contributed by atoms with van der Waals surface area (Å²) in [5.41, 5.74) is 7.41. The fourth-order valence-corrected chi connectivity index (χ4v) is 2.99. The molecule has 0 spiro atoms. The second kappa shape index (κ2) is 7.04. The molecular formula is C16H27N3. The van der Waals surface area contributed by atoms with Gasteiger partial charge in [-0.1, -0.05) is 37.3 Å². The van der Waals surface area contributed by atoms with Gasteiger partial charge in [-0.25, -0.2) is 0 Å². The van der Waals surface area contributed by atoms with Crippen LogP contribution in [0.5, 0.6) is 0 Å². The maximum atomic E-state index is 6.02. The quantitative estimate of drug-likeness (QED) is 0.873. The molecule has 0 aromatic heterocycles. The lowest BCUT2D eigenvalue weighted by Crippen LogP contribution is -2.56. The van der Waals surface area contributed by atoms with Crippen LogP contribution in [0.15, 0.2) is 30.3 Å². The van der Waals surface area contributed by atoms with Crippen molar-refractivity contribution >= 4 is 0 Å². The standard InChI is InChI=1S/C16H27N3/c1-3-15-13-19(10-9-18(15)2)16(12-17)11-14-7-5-4-6-8-14/h4-8,15-16H,3,9-13,17H2,1-2H3. The van der Waals surface area contributed by atoms with Crippen LogP contribution in [0.2, 0.25) is 0 Å². The van der Waals surface area contributed by atoms with Crippen molar-refractivity contribution in [3.05, 3.63) is 35.9 Å². The summed E-state index contributed by atoms with van der Waals surface area (Å²) < 4.78 is 0. The number of likely N-dealkylation sites (N-methyl/N-ethyl adjacent to an activating group) is 1. The van der Waals surface area contributed by atoms with Gasteiger partial charge in [0.2, 0.25) is 0 Å². The molecule has 0 saturated carbocycles. The second-order valence-electron chi connectivity index (χ2n) is 5.62. The summed E-state index contributed by atoms with van der Waals surface area (Å²) in [5, 5.41) is 0. The highest BCUT2D eigenvalue weighted by Crippen LogP contribution is 2.15. The van der Waals surface area contributed by atoms with Crippen molar-refractivity contribution in [2.45, 2.75) is 31.8 Å². The van der Waals surface area contributed by atoms with Crippen LogP contribution >= 0.6 is 0 Å². The molecule has 2 atom stereocenters. The molecule has 1 aliphatic rings. The van der Waals surface area contributed by atoms with Gasteiger partial charge in [0.1, 0.15) is 0 Å². The molecule has 3 nitrogen and oxygen atoms in total. The molecule has 0 radical (unpaired) electrons. The molecule has 0 amide bonds. The molecule has 106 valence electrons. The number of nitrogens with zero attached hydrogens (tertiary/aromatic N) is 2. The molecule has 0 aliphatic carbocycles. The summed E-state index contributed by atoms with van der Waals surface area (Å²) in [6, 6.07) is 11.9. The van der Waals surface area contributed by atoms with Gasteiger partial charge in [-0.3, -0.25) is 4.90 Å². The van der Waals surface area contributed by atoms with Crippen LogP contribution in [-0.4, -0.2) is 55.1 Å². The lowest BCUT2D eigenvalue weighted by molar-refractivity contribution is 0.0647. The Kier molecular flexibility index (Phi) is 5.37. The average Bonchev–Trinajstić information content (AvgIpc) is 2.46. The molecule has 2 rings (SSSR count). The zero-order valence-corrected chi connectivity index (χ0v) is 12.3. The van der Waals surface area contributed by atoms with Gasteiger partial charge in [0.25, 0.3) is 0 Å². The van der Waals surface area contributed by atoms with Crippen molar-refractivity contribution in [3.8, 4) is 0 Å². The van der Waals surface area contributed by atoms with Crippen LogP contribution in [0.25, 0.3) is 0 Å². The number of nitrogens with two attached hydrogens (primary N) is 1.